The third-order valence-corrected chi connectivity index (χ3v) is 4.15. The molecule has 1 heterocycles. The average Bonchev–Trinajstić information content (AvgIpc) is 2.63. The van der Waals surface area contributed by atoms with Crippen molar-refractivity contribution >= 4 is 35.7 Å². The van der Waals surface area contributed by atoms with E-state index in [2.05, 4.69) is 10.6 Å². The highest BCUT2D eigenvalue weighted by Gasteiger charge is 2.19. The van der Waals surface area contributed by atoms with Gasteiger partial charge in [0.1, 0.15) is 0 Å². The summed E-state index contributed by atoms with van der Waals surface area (Å²) in [5.41, 5.74) is 8.44. The number of halogens is 1. The third kappa shape index (κ3) is 4.97. The van der Waals surface area contributed by atoms with Crippen LogP contribution in [0.25, 0.3) is 0 Å². The smallest absolute Gasteiger partial charge is 0.321 e. The predicted octanol–water partition coefficient (Wildman–Crippen LogP) is 3.06. The van der Waals surface area contributed by atoms with E-state index >= 15 is 0 Å². The first-order chi connectivity index (χ1) is 12.1. The number of urea groups is 1. The Morgan fingerprint density at radius 2 is 1.96 bits per heavy atom. The van der Waals surface area contributed by atoms with Gasteiger partial charge in [-0.1, -0.05) is 36.4 Å². The van der Waals surface area contributed by atoms with Gasteiger partial charge in [-0.2, -0.15) is 0 Å². The Hall–Kier alpha value is -2.57. The molecule has 6 nitrogen and oxygen atoms in total. The minimum absolute atomic E-state index is 0. The number of hydrogen-bond acceptors (Lipinski definition) is 3. The lowest BCUT2D eigenvalue weighted by molar-refractivity contribution is -0.116. The maximum atomic E-state index is 12.3. The maximum absolute atomic E-state index is 12.3. The molecule has 1 aliphatic rings. The zero-order chi connectivity index (χ0) is 17.6. The zero-order valence-corrected chi connectivity index (χ0v) is 15.2. The molecule has 0 bridgehead atoms. The van der Waals surface area contributed by atoms with E-state index in [1.165, 1.54) is 0 Å². The fraction of sp³-hybridized carbons (Fsp3) is 0.263. The highest BCUT2D eigenvalue weighted by Crippen LogP contribution is 2.22. The van der Waals surface area contributed by atoms with Crippen molar-refractivity contribution in [2.75, 3.05) is 23.3 Å². The number of nitrogens with zero attached hydrogens (tertiary/aromatic N) is 1. The molecule has 0 aromatic heterocycles. The van der Waals surface area contributed by atoms with Gasteiger partial charge in [-0.15, -0.1) is 12.4 Å². The van der Waals surface area contributed by atoms with Gasteiger partial charge in [0.05, 0.1) is 0 Å². The molecule has 0 spiro atoms. The third-order valence-electron chi connectivity index (χ3n) is 4.15. The summed E-state index contributed by atoms with van der Waals surface area (Å²) in [6.07, 6.45) is 1.09. The van der Waals surface area contributed by atoms with Crippen molar-refractivity contribution in [3.05, 3.63) is 60.2 Å². The molecule has 1 unspecified atom stereocenters. The fourth-order valence-corrected chi connectivity index (χ4v) is 2.86. The van der Waals surface area contributed by atoms with Crippen molar-refractivity contribution in [3.63, 3.8) is 0 Å². The molecule has 1 fully saturated rings. The minimum Gasteiger partial charge on any atom is -0.338 e. The van der Waals surface area contributed by atoms with E-state index in [1.54, 1.807) is 17.0 Å². The Kier molecular flexibility index (Phi) is 7.00. The van der Waals surface area contributed by atoms with Gasteiger partial charge in [-0.25, -0.2) is 4.79 Å². The number of carbonyl (C=O) groups is 2. The van der Waals surface area contributed by atoms with Crippen molar-refractivity contribution in [1.29, 1.82) is 0 Å². The second-order valence-corrected chi connectivity index (χ2v) is 6.06. The van der Waals surface area contributed by atoms with Crippen LogP contribution in [0.1, 0.15) is 24.4 Å². The van der Waals surface area contributed by atoms with E-state index in [9.17, 15) is 9.59 Å². The molecule has 26 heavy (non-hydrogen) atoms. The quantitative estimate of drug-likeness (QED) is 0.751. The molecule has 1 atom stereocenters. The Bertz CT molecular complexity index is 754. The molecular formula is C19H23ClN4O2. The summed E-state index contributed by atoms with van der Waals surface area (Å²) in [5, 5.41) is 5.68. The van der Waals surface area contributed by atoms with Crippen LogP contribution in [0.5, 0.6) is 0 Å². The van der Waals surface area contributed by atoms with Gasteiger partial charge in [0, 0.05) is 36.9 Å². The van der Waals surface area contributed by atoms with E-state index in [1.807, 2.05) is 42.5 Å². The molecule has 3 amide bonds. The van der Waals surface area contributed by atoms with Crippen LogP contribution in [0.15, 0.2) is 54.6 Å². The van der Waals surface area contributed by atoms with Gasteiger partial charge < -0.3 is 16.4 Å². The molecule has 1 saturated heterocycles. The number of anilines is 2. The lowest BCUT2D eigenvalue weighted by atomic mass is 10.0. The monoisotopic (exact) mass is 374 g/mol. The van der Waals surface area contributed by atoms with Crippen molar-refractivity contribution < 1.29 is 9.59 Å². The number of carbonyl (C=O) groups excluding carboxylic acids is 2. The SMILES string of the molecule is Cl.NC(CC(=O)Nc1cccc(N2CCCNC2=O)c1)c1ccccc1. The summed E-state index contributed by atoms with van der Waals surface area (Å²) >= 11 is 0. The van der Waals surface area contributed by atoms with Crippen LogP contribution in [0.4, 0.5) is 16.2 Å². The standard InChI is InChI=1S/C19H22N4O2.ClH/c20-17(14-6-2-1-3-7-14)13-18(24)22-15-8-4-9-16(12-15)23-11-5-10-21-19(23)25;/h1-4,6-9,12,17H,5,10-11,13,20H2,(H,21,25)(H,22,24);1H. The maximum Gasteiger partial charge on any atom is 0.321 e. The van der Waals surface area contributed by atoms with Gasteiger partial charge >= 0.3 is 6.03 Å². The van der Waals surface area contributed by atoms with Gasteiger partial charge in [0.15, 0.2) is 0 Å². The molecule has 1 aliphatic heterocycles. The van der Waals surface area contributed by atoms with Crippen LogP contribution in [-0.2, 0) is 4.79 Å². The molecule has 0 aliphatic carbocycles. The Labute approximate surface area is 159 Å². The first-order valence-electron chi connectivity index (χ1n) is 8.39. The van der Waals surface area contributed by atoms with E-state index in [-0.39, 0.29) is 36.8 Å². The summed E-state index contributed by atoms with van der Waals surface area (Å²) in [4.78, 5) is 25.9. The van der Waals surface area contributed by atoms with E-state index in [0.717, 1.165) is 17.7 Å². The zero-order valence-electron chi connectivity index (χ0n) is 14.4. The first-order valence-corrected chi connectivity index (χ1v) is 8.39. The highest BCUT2D eigenvalue weighted by molar-refractivity contribution is 5.95. The molecule has 4 N–H and O–H groups in total. The summed E-state index contributed by atoms with van der Waals surface area (Å²) in [7, 11) is 0. The second-order valence-electron chi connectivity index (χ2n) is 6.06. The van der Waals surface area contributed by atoms with Crippen molar-refractivity contribution in [3.8, 4) is 0 Å². The molecule has 2 aromatic rings. The number of amides is 3. The second kappa shape index (κ2) is 9.22. The van der Waals surface area contributed by atoms with E-state index in [4.69, 9.17) is 5.73 Å². The topological polar surface area (TPSA) is 87.5 Å². The first kappa shape index (κ1) is 19.8. The molecule has 7 heteroatoms. The van der Waals surface area contributed by atoms with Crippen LogP contribution < -0.4 is 21.3 Å². The summed E-state index contributed by atoms with van der Waals surface area (Å²) in [6, 6.07) is 16.4. The van der Waals surface area contributed by atoms with Crippen LogP contribution in [0, 0.1) is 0 Å². The van der Waals surface area contributed by atoms with Gasteiger partial charge in [-0.3, -0.25) is 9.69 Å². The number of nitrogens with two attached hydrogens (primary N) is 1. The van der Waals surface area contributed by atoms with E-state index in [0.29, 0.717) is 18.8 Å². The Morgan fingerprint density at radius 3 is 2.69 bits per heavy atom. The number of rotatable bonds is 5. The predicted molar refractivity (Wildman–Crippen MR) is 106 cm³/mol. The van der Waals surface area contributed by atoms with E-state index < -0.39 is 0 Å². The number of hydrogen-bond donors (Lipinski definition) is 3. The largest absolute Gasteiger partial charge is 0.338 e. The van der Waals surface area contributed by atoms with Crippen LogP contribution in [0.2, 0.25) is 0 Å². The molecule has 3 rings (SSSR count). The minimum atomic E-state index is -0.350. The Balaban J connectivity index is 0.00000243. The van der Waals surface area contributed by atoms with Crippen LogP contribution in [0.3, 0.4) is 0 Å². The lowest BCUT2D eigenvalue weighted by Crippen LogP contribution is -2.46. The highest BCUT2D eigenvalue weighted by atomic mass is 35.5. The van der Waals surface area contributed by atoms with Crippen molar-refractivity contribution in [2.45, 2.75) is 18.9 Å². The van der Waals surface area contributed by atoms with Gasteiger partial charge in [0.25, 0.3) is 0 Å². The molecule has 0 saturated carbocycles. The molecular weight excluding hydrogens is 352 g/mol. The lowest BCUT2D eigenvalue weighted by Gasteiger charge is -2.27. The molecule has 0 radical (unpaired) electrons. The molecule has 2 aromatic carbocycles. The fourth-order valence-electron chi connectivity index (χ4n) is 2.86. The van der Waals surface area contributed by atoms with Crippen molar-refractivity contribution in [1.82, 2.24) is 5.32 Å². The Morgan fingerprint density at radius 1 is 1.19 bits per heavy atom. The summed E-state index contributed by atoms with van der Waals surface area (Å²) in [5.74, 6) is -0.156. The number of benzene rings is 2. The van der Waals surface area contributed by atoms with Crippen LogP contribution in [-0.4, -0.2) is 25.0 Å². The summed E-state index contributed by atoms with van der Waals surface area (Å²) in [6.45, 7) is 1.37. The van der Waals surface area contributed by atoms with Gasteiger partial charge in [-0.05, 0) is 30.2 Å². The molecule has 138 valence electrons. The van der Waals surface area contributed by atoms with Crippen molar-refractivity contribution in [2.24, 2.45) is 5.73 Å². The van der Waals surface area contributed by atoms with Crippen LogP contribution >= 0.6 is 12.4 Å². The number of nitrogens with one attached hydrogen (secondary N) is 2. The van der Waals surface area contributed by atoms with Gasteiger partial charge in [0.2, 0.25) is 5.91 Å². The summed E-state index contributed by atoms with van der Waals surface area (Å²) < 4.78 is 0. The normalized spacial score (nSPS) is 14.8. The average molecular weight is 375 g/mol.